The van der Waals surface area contributed by atoms with Crippen LogP contribution in [0.3, 0.4) is 0 Å². The van der Waals surface area contributed by atoms with Gasteiger partial charge in [-0.25, -0.2) is 4.31 Å². The van der Waals surface area contributed by atoms with Crippen molar-refractivity contribution in [2.75, 3.05) is 19.9 Å². The average molecular weight is 246 g/mol. The van der Waals surface area contributed by atoms with E-state index in [0.717, 1.165) is 10.5 Å². The summed E-state index contributed by atoms with van der Waals surface area (Å²) >= 11 is 0. The Morgan fingerprint density at radius 3 is 2.94 bits per heavy atom. The van der Waals surface area contributed by atoms with Crippen LogP contribution in [0.5, 0.6) is 0 Å². The molecule has 9 heteroatoms. The maximum absolute atomic E-state index is 11.4. The van der Waals surface area contributed by atoms with Crippen molar-refractivity contribution in [1.82, 2.24) is 4.31 Å². The summed E-state index contributed by atoms with van der Waals surface area (Å²) in [5, 5.41) is 17.1. The molecule has 0 bridgehead atoms. The first-order chi connectivity index (χ1) is 7.51. The van der Waals surface area contributed by atoms with Crippen molar-refractivity contribution >= 4 is 16.0 Å². The normalized spacial score (nSPS) is 18.6. The molecule has 16 heavy (non-hydrogen) atoms. The van der Waals surface area contributed by atoms with Gasteiger partial charge in [-0.05, 0) is 0 Å². The largest absolute Gasteiger partial charge is 0.394 e. The van der Waals surface area contributed by atoms with E-state index >= 15 is 0 Å². The number of nitriles is 1. The molecule has 1 rings (SSSR count). The Bertz CT molecular complexity index is 461. The van der Waals surface area contributed by atoms with Gasteiger partial charge in [0.1, 0.15) is 18.4 Å². The van der Waals surface area contributed by atoms with Crippen molar-refractivity contribution in [1.29, 1.82) is 5.26 Å². The molecule has 0 radical (unpaired) electrons. The van der Waals surface area contributed by atoms with Gasteiger partial charge >= 0.3 is 10.2 Å². The van der Waals surface area contributed by atoms with E-state index in [4.69, 9.17) is 20.8 Å². The highest BCUT2D eigenvalue weighted by Crippen LogP contribution is 2.13. The molecule has 0 atom stereocenters. The zero-order valence-electron chi connectivity index (χ0n) is 8.20. The first-order valence-electron chi connectivity index (χ1n) is 4.19. The number of nitrogens with two attached hydrogens (primary N) is 1. The molecule has 8 nitrogen and oxygen atoms in total. The molecule has 1 aliphatic heterocycles. The fraction of sp³-hybridized carbons (Fsp3) is 0.429. The van der Waals surface area contributed by atoms with E-state index in [9.17, 15) is 8.42 Å². The molecule has 1 heterocycles. The number of hydrogen-bond acceptors (Lipinski definition) is 6. The van der Waals surface area contributed by atoms with Gasteiger partial charge < -0.3 is 15.6 Å². The molecule has 0 unspecified atom stereocenters. The molecule has 0 saturated carbocycles. The van der Waals surface area contributed by atoms with Gasteiger partial charge in [0.2, 0.25) is 0 Å². The number of amidine groups is 1. The van der Waals surface area contributed by atoms with Gasteiger partial charge in [-0.2, -0.15) is 13.7 Å². The van der Waals surface area contributed by atoms with Crippen LogP contribution < -0.4 is 5.73 Å². The molecule has 1 aliphatic rings. The molecule has 0 fully saturated rings. The van der Waals surface area contributed by atoms with Gasteiger partial charge in [-0.1, -0.05) is 0 Å². The van der Waals surface area contributed by atoms with Crippen LogP contribution in [0.25, 0.3) is 0 Å². The van der Waals surface area contributed by atoms with Crippen LogP contribution in [0, 0.1) is 11.3 Å². The van der Waals surface area contributed by atoms with E-state index in [1.54, 1.807) is 6.07 Å². The summed E-state index contributed by atoms with van der Waals surface area (Å²) in [6.45, 7) is -0.570. The third kappa shape index (κ3) is 2.69. The number of aliphatic hydroxyl groups is 1. The fourth-order valence-electron chi connectivity index (χ4n) is 0.912. The van der Waals surface area contributed by atoms with E-state index in [1.807, 2.05) is 0 Å². The lowest BCUT2D eigenvalue weighted by atomic mass is 10.3. The maximum Gasteiger partial charge on any atom is 0.348 e. The molecule has 0 amide bonds. The monoisotopic (exact) mass is 246 g/mol. The Kier molecular flexibility index (Phi) is 3.83. The van der Waals surface area contributed by atoms with Gasteiger partial charge in [0.25, 0.3) is 0 Å². The minimum atomic E-state index is -3.93. The highest BCUT2D eigenvalue weighted by molar-refractivity contribution is 7.88. The van der Waals surface area contributed by atoms with Gasteiger partial charge in [0.05, 0.1) is 13.2 Å². The lowest BCUT2D eigenvalue weighted by molar-refractivity contribution is 0.0587. The number of rotatable bonds is 4. The lowest BCUT2D eigenvalue weighted by Gasteiger charge is -2.20. The smallest absolute Gasteiger partial charge is 0.348 e. The van der Waals surface area contributed by atoms with Crippen molar-refractivity contribution < 1.29 is 18.3 Å². The molecule has 0 aromatic heterocycles. The van der Waals surface area contributed by atoms with Gasteiger partial charge in [0.15, 0.2) is 5.84 Å². The van der Waals surface area contributed by atoms with E-state index in [1.165, 1.54) is 0 Å². The highest BCUT2D eigenvalue weighted by atomic mass is 32.2. The zero-order chi connectivity index (χ0) is 12.2. The molecular weight excluding hydrogens is 236 g/mol. The van der Waals surface area contributed by atoms with Crippen LogP contribution in [0.4, 0.5) is 0 Å². The summed E-state index contributed by atoms with van der Waals surface area (Å²) in [7, 11) is -3.93. The highest BCUT2D eigenvalue weighted by Gasteiger charge is 2.25. The lowest BCUT2D eigenvalue weighted by Crippen LogP contribution is -2.34. The van der Waals surface area contributed by atoms with Crippen molar-refractivity contribution in [3.8, 4) is 6.07 Å². The van der Waals surface area contributed by atoms with Crippen molar-refractivity contribution in [3.05, 3.63) is 11.8 Å². The SMILES string of the molecule is N#CC1=CN(COCCO)S(=O)(=O)N=C1N. The number of ether oxygens (including phenoxy) is 1. The summed E-state index contributed by atoms with van der Waals surface area (Å²) in [6, 6.07) is 1.71. The fourth-order valence-corrected chi connectivity index (χ4v) is 1.81. The standard InChI is InChI=1S/C7H10N4O4S/c8-3-6-4-11(5-15-2-1-12)16(13,14)10-7(6)9/h4,12H,1-2,5H2,(H2,9,10). The van der Waals surface area contributed by atoms with E-state index in [2.05, 4.69) is 4.40 Å². The Labute approximate surface area is 92.4 Å². The molecular formula is C7H10N4O4S. The van der Waals surface area contributed by atoms with E-state index in [-0.39, 0.29) is 31.4 Å². The molecule has 0 spiro atoms. The molecule has 0 aliphatic carbocycles. The van der Waals surface area contributed by atoms with Crippen LogP contribution >= 0.6 is 0 Å². The number of aliphatic hydroxyl groups excluding tert-OH is 1. The van der Waals surface area contributed by atoms with Crippen LogP contribution in [-0.2, 0) is 14.9 Å². The first-order valence-corrected chi connectivity index (χ1v) is 5.59. The molecule has 0 saturated heterocycles. The summed E-state index contributed by atoms with van der Waals surface area (Å²) in [5.41, 5.74) is 5.20. The Morgan fingerprint density at radius 1 is 1.69 bits per heavy atom. The van der Waals surface area contributed by atoms with Gasteiger partial charge in [-0.15, -0.1) is 4.40 Å². The van der Waals surface area contributed by atoms with Crippen molar-refractivity contribution in [2.24, 2.45) is 10.1 Å². The summed E-state index contributed by atoms with van der Waals surface area (Å²) < 4.78 is 31.6. The quantitative estimate of drug-likeness (QED) is 0.567. The third-order valence-corrected chi connectivity index (χ3v) is 2.86. The van der Waals surface area contributed by atoms with Crippen molar-refractivity contribution in [3.63, 3.8) is 0 Å². The van der Waals surface area contributed by atoms with E-state index in [0.29, 0.717) is 0 Å². The molecule has 0 aromatic rings. The summed E-state index contributed by atoms with van der Waals surface area (Å²) in [5.74, 6) is -0.346. The first kappa shape index (κ1) is 12.4. The van der Waals surface area contributed by atoms with Crippen molar-refractivity contribution in [2.45, 2.75) is 0 Å². The number of hydrogen-bond donors (Lipinski definition) is 2. The predicted molar refractivity (Wildman–Crippen MR) is 54.0 cm³/mol. The predicted octanol–water partition coefficient (Wildman–Crippen LogP) is -1.72. The topological polar surface area (TPSA) is 129 Å². The Balaban J connectivity index is 2.85. The van der Waals surface area contributed by atoms with Gasteiger partial charge in [-0.3, -0.25) is 0 Å². The second-order valence-corrected chi connectivity index (χ2v) is 4.30. The number of nitrogens with zero attached hydrogens (tertiary/aromatic N) is 3. The van der Waals surface area contributed by atoms with Crippen LogP contribution in [0.15, 0.2) is 16.2 Å². The van der Waals surface area contributed by atoms with Crippen LogP contribution in [-0.4, -0.2) is 43.6 Å². The third-order valence-electron chi connectivity index (χ3n) is 1.63. The molecule has 3 N–H and O–H groups in total. The van der Waals surface area contributed by atoms with Crippen LogP contribution in [0.2, 0.25) is 0 Å². The summed E-state index contributed by atoms with van der Waals surface area (Å²) in [6.07, 6.45) is 1.04. The minimum absolute atomic E-state index is 0.0130. The molecule has 0 aromatic carbocycles. The Hall–Kier alpha value is -1.63. The maximum atomic E-state index is 11.4. The minimum Gasteiger partial charge on any atom is -0.394 e. The average Bonchev–Trinajstić information content (AvgIpc) is 2.20. The Morgan fingerprint density at radius 2 is 2.38 bits per heavy atom. The van der Waals surface area contributed by atoms with Crippen LogP contribution in [0.1, 0.15) is 0 Å². The second kappa shape index (κ2) is 4.93. The zero-order valence-corrected chi connectivity index (χ0v) is 9.01. The second-order valence-electron chi connectivity index (χ2n) is 2.76. The van der Waals surface area contributed by atoms with E-state index < -0.39 is 10.2 Å². The van der Waals surface area contributed by atoms with Gasteiger partial charge in [0, 0.05) is 6.20 Å². The molecule has 88 valence electrons. The summed E-state index contributed by atoms with van der Waals surface area (Å²) in [4.78, 5) is 0.